The molecule has 0 unspecified atom stereocenters. The molecular formula is C27H29N7O. The molecule has 1 saturated carbocycles. The summed E-state index contributed by atoms with van der Waals surface area (Å²) in [6.07, 6.45) is 10.0. The lowest BCUT2D eigenvalue weighted by molar-refractivity contribution is 0.102. The number of anilines is 2. The van der Waals surface area contributed by atoms with Crippen molar-refractivity contribution in [1.29, 1.82) is 0 Å². The predicted octanol–water partition coefficient (Wildman–Crippen LogP) is 4.36. The highest BCUT2D eigenvalue weighted by Gasteiger charge is 2.26. The number of hydrogen-bond acceptors (Lipinski definition) is 6. The maximum atomic E-state index is 12.9. The fourth-order valence-electron chi connectivity index (χ4n) is 4.95. The number of nitrogens with one attached hydrogen (secondary N) is 2. The quantitative estimate of drug-likeness (QED) is 0.402. The highest BCUT2D eigenvalue weighted by atomic mass is 16.1. The molecule has 6 rings (SSSR count). The van der Waals surface area contributed by atoms with Crippen LogP contribution in [0.25, 0.3) is 16.8 Å². The second-order valence-electron chi connectivity index (χ2n) is 9.71. The molecule has 2 fully saturated rings. The summed E-state index contributed by atoms with van der Waals surface area (Å²) in [5.41, 5.74) is 10.6. The van der Waals surface area contributed by atoms with E-state index in [4.69, 9.17) is 10.7 Å². The van der Waals surface area contributed by atoms with Gasteiger partial charge in [0, 0.05) is 48.2 Å². The van der Waals surface area contributed by atoms with Crippen LogP contribution in [0.5, 0.6) is 0 Å². The van der Waals surface area contributed by atoms with Crippen LogP contribution in [0.1, 0.15) is 66.2 Å². The van der Waals surface area contributed by atoms with Crippen LogP contribution in [-0.4, -0.2) is 37.8 Å². The summed E-state index contributed by atoms with van der Waals surface area (Å²) in [5.74, 6) is 2.75. The molecule has 1 amide bonds. The van der Waals surface area contributed by atoms with E-state index < -0.39 is 0 Å². The van der Waals surface area contributed by atoms with Crippen LogP contribution >= 0.6 is 0 Å². The number of fused-ring (bicyclic) bond motifs is 1. The van der Waals surface area contributed by atoms with Gasteiger partial charge in [-0.15, -0.1) is 0 Å². The van der Waals surface area contributed by atoms with Crippen LogP contribution in [-0.2, 0) is 0 Å². The van der Waals surface area contributed by atoms with Crippen molar-refractivity contribution in [1.82, 2.24) is 24.7 Å². The average molecular weight is 468 g/mol. The first-order chi connectivity index (χ1) is 17.1. The molecule has 3 aromatic heterocycles. The average Bonchev–Trinajstić information content (AvgIpc) is 3.66. The molecule has 0 radical (unpaired) electrons. The van der Waals surface area contributed by atoms with Crippen LogP contribution in [0, 0.1) is 0 Å². The van der Waals surface area contributed by atoms with Crippen LogP contribution < -0.4 is 16.4 Å². The zero-order chi connectivity index (χ0) is 23.9. The summed E-state index contributed by atoms with van der Waals surface area (Å²) in [5, 5.41) is 6.49. The highest BCUT2D eigenvalue weighted by molar-refractivity contribution is 6.04. The minimum atomic E-state index is -0.184. The van der Waals surface area contributed by atoms with E-state index in [9.17, 15) is 4.79 Å². The molecule has 0 bridgehead atoms. The first-order valence-electron chi connectivity index (χ1n) is 12.3. The second-order valence-corrected chi connectivity index (χ2v) is 9.71. The summed E-state index contributed by atoms with van der Waals surface area (Å²) in [6, 6.07) is 12.0. The van der Waals surface area contributed by atoms with E-state index in [0.717, 1.165) is 42.0 Å². The number of benzene rings is 1. The Labute approximate surface area is 204 Å². The minimum Gasteiger partial charge on any atom is -0.382 e. The summed E-state index contributed by atoms with van der Waals surface area (Å²) >= 11 is 0. The van der Waals surface area contributed by atoms with Gasteiger partial charge in [0.05, 0.1) is 0 Å². The number of piperidine rings is 1. The van der Waals surface area contributed by atoms with Crippen LogP contribution in [0.15, 0.2) is 55.0 Å². The first-order valence-corrected chi connectivity index (χ1v) is 12.3. The molecule has 2 atom stereocenters. The molecule has 1 aliphatic carbocycles. The molecule has 4 heterocycles. The summed E-state index contributed by atoms with van der Waals surface area (Å²) < 4.78 is 2.07. The van der Waals surface area contributed by atoms with Gasteiger partial charge in [0.25, 0.3) is 5.91 Å². The maximum Gasteiger partial charge on any atom is 0.256 e. The summed E-state index contributed by atoms with van der Waals surface area (Å²) in [7, 11) is 0. The molecule has 4 N–H and O–H groups in total. The van der Waals surface area contributed by atoms with Crippen molar-refractivity contribution >= 4 is 23.1 Å². The number of amides is 1. The zero-order valence-electron chi connectivity index (χ0n) is 19.7. The topological polar surface area (TPSA) is 110 Å². The zero-order valence-corrected chi connectivity index (χ0v) is 19.7. The van der Waals surface area contributed by atoms with Crippen LogP contribution in [0.2, 0.25) is 0 Å². The lowest BCUT2D eigenvalue weighted by atomic mass is 9.95. The minimum absolute atomic E-state index is 0.184. The fraction of sp³-hybridized carbons (Fsp3) is 0.333. The first kappa shape index (κ1) is 21.7. The fourth-order valence-corrected chi connectivity index (χ4v) is 4.95. The normalized spacial score (nSPS) is 20.1. The Balaban J connectivity index is 1.28. The number of rotatable bonds is 5. The second kappa shape index (κ2) is 8.78. The number of pyridine rings is 1. The van der Waals surface area contributed by atoms with E-state index >= 15 is 0 Å². The lowest BCUT2D eigenvalue weighted by Gasteiger charge is -2.26. The van der Waals surface area contributed by atoms with Gasteiger partial charge in [-0.1, -0.05) is 12.1 Å². The third kappa shape index (κ3) is 4.25. The van der Waals surface area contributed by atoms with Crippen LogP contribution in [0.3, 0.4) is 0 Å². The number of hydrogen-bond donors (Lipinski definition) is 3. The Morgan fingerprint density at radius 2 is 1.86 bits per heavy atom. The Bertz CT molecular complexity index is 1380. The van der Waals surface area contributed by atoms with Gasteiger partial charge in [-0.3, -0.25) is 9.20 Å². The Morgan fingerprint density at radius 3 is 2.60 bits per heavy atom. The van der Waals surface area contributed by atoms with Gasteiger partial charge in [-0.05, 0) is 68.4 Å². The van der Waals surface area contributed by atoms with Gasteiger partial charge >= 0.3 is 0 Å². The molecule has 1 saturated heterocycles. The molecule has 35 heavy (non-hydrogen) atoms. The van der Waals surface area contributed by atoms with E-state index in [2.05, 4.69) is 31.9 Å². The summed E-state index contributed by atoms with van der Waals surface area (Å²) in [6.45, 7) is 3.10. The van der Waals surface area contributed by atoms with Crippen molar-refractivity contribution in [2.75, 3.05) is 17.6 Å². The monoisotopic (exact) mass is 467 g/mol. The number of imidazole rings is 1. The van der Waals surface area contributed by atoms with E-state index in [0.29, 0.717) is 35.1 Å². The highest BCUT2D eigenvalue weighted by Crippen LogP contribution is 2.40. The van der Waals surface area contributed by atoms with Crippen molar-refractivity contribution in [2.24, 2.45) is 0 Å². The molecule has 0 spiro atoms. The van der Waals surface area contributed by atoms with Gasteiger partial charge in [-0.25, -0.2) is 15.0 Å². The smallest absolute Gasteiger partial charge is 0.256 e. The third-order valence-corrected chi connectivity index (χ3v) is 7.13. The number of carbonyl (C=O) groups excluding carboxylic acids is 1. The largest absolute Gasteiger partial charge is 0.382 e. The van der Waals surface area contributed by atoms with E-state index in [1.807, 2.05) is 42.6 Å². The van der Waals surface area contributed by atoms with Crippen molar-refractivity contribution in [3.05, 3.63) is 71.9 Å². The number of nitrogens with two attached hydrogens (primary N) is 1. The Kier molecular flexibility index (Phi) is 5.45. The van der Waals surface area contributed by atoms with Crippen molar-refractivity contribution in [2.45, 2.75) is 50.5 Å². The van der Waals surface area contributed by atoms with E-state index in [1.54, 1.807) is 12.4 Å². The van der Waals surface area contributed by atoms with Crippen LogP contribution in [0.4, 0.5) is 11.6 Å². The number of nitrogen functional groups attached to an aromatic ring is 1. The van der Waals surface area contributed by atoms with Crippen molar-refractivity contribution in [3.8, 4) is 11.3 Å². The molecule has 8 nitrogen and oxygen atoms in total. The number of carbonyl (C=O) groups is 1. The van der Waals surface area contributed by atoms with Gasteiger partial charge in [-0.2, -0.15) is 0 Å². The van der Waals surface area contributed by atoms with Crippen molar-refractivity contribution in [3.63, 3.8) is 0 Å². The molecule has 8 heteroatoms. The molecule has 178 valence electrons. The Hall–Kier alpha value is -3.78. The molecular weight excluding hydrogens is 438 g/mol. The van der Waals surface area contributed by atoms with Gasteiger partial charge in [0.1, 0.15) is 28.7 Å². The third-order valence-electron chi connectivity index (χ3n) is 7.13. The number of nitrogens with zero attached hydrogens (tertiary/aromatic N) is 4. The lowest BCUT2D eigenvalue weighted by Crippen LogP contribution is -2.36. The maximum absolute atomic E-state index is 12.9. The standard InChI is InChI=1S/C27H29N7O/c1-16-2-3-21(15-31-16)26-33-23(24-25(28)30-12-13-34(24)26)18-6-8-19(9-7-18)27(35)32-22-14-20(10-11-29-22)17-4-5-17/h6-14,16-17,21,31H,2-5,15H2,1H3,(H2,28,30)(H,29,32,35)/t16-,21-/m0/s1. The molecule has 2 aliphatic rings. The van der Waals surface area contributed by atoms with E-state index in [1.165, 1.54) is 18.4 Å². The molecule has 1 aliphatic heterocycles. The van der Waals surface area contributed by atoms with Gasteiger partial charge in [0.2, 0.25) is 0 Å². The summed E-state index contributed by atoms with van der Waals surface area (Å²) in [4.78, 5) is 26.5. The predicted molar refractivity (Wildman–Crippen MR) is 136 cm³/mol. The van der Waals surface area contributed by atoms with Gasteiger partial charge < -0.3 is 16.4 Å². The van der Waals surface area contributed by atoms with Crippen molar-refractivity contribution < 1.29 is 4.79 Å². The Morgan fingerprint density at radius 1 is 1.06 bits per heavy atom. The number of aromatic nitrogens is 4. The van der Waals surface area contributed by atoms with E-state index in [-0.39, 0.29) is 5.91 Å². The SMILES string of the molecule is C[C@H]1CC[C@H](c2nc(-c3ccc(C(=O)Nc4cc(C5CC5)ccn4)cc3)c3c(N)nccn23)CN1. The molecule has 4 aromatic rings. The van der Waals surface area contributed by atoms with Gasteiger partial charge in [0.15, 0.2) is 0 Å². The molecule has 1 aromatic carbocycles.